The first-order valence-corrected chi connectivity index (χ1v) is 15.9. The minimum absolute atomic E-state index is 0.0591. The molecule has 0 saturated carbocycles. The van der Waals surface area contributed by atoms with Crippen LogP contribution in [-0.4, -0.2) is 131 Å². The summed E-state index contributed by atoms with van der Waals surface area (Å²) in [6.45, 7) is 10.2. The molecular weight excluding hydrogens is 652 g/mol. The number of alkyl halides is 1. The molecule has 0 aromatic heterocycles. The highest BCUT2D eigenvalue weighted by Gasteiger charge is 2.53. The number of halogens is 1. The predicted octanol–water partition coefficient (Wildman–Crippen LogP) is 1.30. The van der Waals surface area contributed by atoms with Gasteiger partial charge in [0.05, 0.1) is 39.1 Å². The fraction of sp³-hybridized carbons (Fsp3) is 0.833. The summed E-state index contributed by atoms with van der Waals surface area (Å²) in [6, 6.07) is 0. The van der Waals surface area contributed by atoms with Crippen molar-refractivity contribution in [3.8, 4) is 0 Å². The average molecular weight is 699 g/mol. The lowest BCUT2D eigenvalue weighted by Gasteiger charge is -2.48. The third-order valence-corrected chi connectivity index (χ3v) is 7.32. The van der Waals surface area contributed by atoms with Crippen molar-refractivity contribution in [1.29, 1.82) is 0 Å². The van der Waals surface area contributed by atoms with E-state index in [4.69, 9.17) is 63.7 Å². The molecule has 47 heavy (non-hydrogen) atoms. The van der Waals surface area contributed by atoms with Gasteiger partial charge in [-0.3, -0.25) is 24.0 Å². The number of hydrogen-bond acceptors (Lipinski definition) is 16. The van der Waals surface area contributed by atoms with Crippen molar-refractivity contribution in [2.45, 2.75) is 97.7 Å². The topological polar surface area (TPSA) is 187 Å². The maximum absolute atomic E-state index is 12.2. The van der Waals surface area contributed by atoms with Gasteiger partial charge in [-0.1, -0.05) is 13.8 Å². The van der Waals surface area contributed by atoms with Crippen LogP contribution in [0.1, 0.15) is 48.5 Å². The van der Waals surface area contributed by atoms with Gasteiger partial charge in [0, 0.05) is 52.3 Å². The molecule has 0 bridgehead atoms. The Balaban J connectivity index is 2.34. The standard InChI is InChI=1S/C30H47ClO16/c1-16-25(42-20(5)34)23(14-40-18(3)32)46-30(28(16)44-22(7)36)47-26-17(2)27(43-21(6)35)29(45-24(26)15-41-19(4)33)39-13-12-38-11-10-37-9-8-31/h16-17,23-30H,8-15H2,1-7H3/t16-,17-,23?,24?,25+,26-,27?,28?,29+,30-/m0/s1. The van der Waals surface area contributed by atoms with Crippen molar-refractivity contribution in [3.05, 3.63) is 0 Å². The summed E-state index contributed by atoms with van der Waals surface area (Å²) in [6.07, 6.45) is -8.51. The second kappa shape index (κ2) is 20.7. The van der Waals surface area contributed by atoms with Gasteiger partial charge in [-0.25, -0.2) is 0 Å². The molecule has 0 aromatic rings. The van der Waals surface area contributed by atoms with Gasteiger partial charge in [0.15, 0.2) is 24.8 Å². The number of carbonyl (C=O) groups excluding carboxylic acids is 5. The predicted molar refractivity (Wildman–Crippen MR) is 159 cm³/mol. The first-order chi connectivity index (χ1) is 22.2. The van der Waals surface area contributed by atoms with Crippen molar-refractivity contribution >= 4 is 41.4 Å². The zero-order chi connectivity index (χ0) is 35.1. The van der Waals surface area contributed by atoms with Gasteiger partial charge in [0.2, 0.25) is 0 Å². The molecule has 0 aliphatic carbocycles. The lowest BCUT2D eigenvalue weighted by atomic mass is 9.88. The molecule has 10 atom stereocenters. The number of esters is 5. The number of ether oxygens (including phenoxy) is 11. The van der Waals surface area contributed by atoms with E-state index in [2.05, 4.69) is 0 Å². The minimum Gasteiger partial charge on any atom is -0.463 e. The van der Waals surface area contributed by atoms with E-state index in [1.807, 2.05) is 0 Å². The van der Waals surface area contributed by atoms with Crippen LogP contribution in [0.15, 0.2) is 0 Å². The van der Waals surface area contributed by atoms with E-state index in [9.17, 15) is 24.0 Å². The van der Waals surface area contributed by atoms with E-state index in [0.717, 1.165) is 0 Å². The summed E-state index contributed by atoms with van der Waals surface area (Å²) in [5.41, 5.74) is 0. The van der Waals surface area contributed by atoms with Crippen LogP contribution in [0.5, 0.6) is 0 Å². The van der Waals surface area contributed by atoms with Crippen LogP contribution >= 0.6 is 11.6 Å². The lowest BCUT2D eigenvalue weighted by Crippen LogP contribution is -2.62. The summed E-state index contributed by atoms with van der Waals surface area (Å²) in [7, 11) is 0. The van der Waals surface area contributed by atoms with Crippen molar-refractivity contribution in [2.75, 3.05) is 52.1 Å². The Morgan fingerprint density at radius 3 is 1.49 bits per heavy atom. The summed E-state index contributed by atoms with van der Waals surface area (Å²) in [4.78, 5) is 59.7. The molecule has 0 amide bonds. The Bertz CT molecular complexity index is 1020. The number of carbonyl (C=O) groups is 5. The molecule has 0 spiro atoms. The number of hydrogen-bond donors (Lipinski definition) is 0. The average Bonchev–Trinajstić information content (AvgIpc) is 2.98. The third kappa shape index (κ3) is 13.8. The number of rotatable bonds is 18. The van der Waals surface area contributed by atoms with Crippen molar-refractivity contribution in [1.82, 2.24) is 0 Å². The summed E-state index contributed by atoms with van der Waals surface area (Å²) < 4.78 is 62.5. The Hall–Kier alpha value is -2.60. The van der Waals surface area contributed by atoms with Crippen LogP contribution in [0.25, 0.3) is 0 Å². The van der Waals surface area contributed by atoms with Gasteiger partial charge < -0.3 is 52.1 Å². The van der Waals surface area contributed by atoms with E-state index >= 15 is 0 Å². The Morgan fingerprint density at radius 2 is 0.979 bits per heavy atom. The second-order valence-corrected chi connectivity index (χ2v) is 11.4. The minimum atomic E-state index is -1.32. The van der Waals surface area contributed by atoms with Gasteiger partial charge in [-0.05, 0) is 0 Å². The molecule has 0 radical (unpaired) electrons. The van der Waals surface area contributed by atoms with Gasteiger partial charge in [0.1, 0.15) is 31.5 Å². The normalized spacial score (nSPS) is 30.6. The van der Waals surface area contributed by atoms with Crippen LogP contribution < -0.4 is 0 Å². The quantitative estimate of drug-likeness (QED) is 0.0862. The van der Waals surface area contributed by atoms with E-state index in [0.29, 0.717) is 25.7 Å². The molecule has 17 heteroatoms. The fourth-order valence-corrected chi connectivity index (χ4v) is 5.27. The molecule has 2 saturated heterocycles. The molecule has 16 nitrogen and oxygen atoms in total. The van der Waals surface area contributed by atoms with Crippen LogP contribution in [0.4, 0.5) is 0 Å². The Kier molecular flexibility index (Phi) is 17.9. The van der Waals surface area contributed by atoms with E-state index in [-0.39, 0.29) is 26.4 Å². The molecule has 0 N–H and O–H groups in total. The van der Waals surface area contributed by atoms with Gasteiger partial charge >= 0.3 is 29.8 Å². The highest BCUT2D eigenvalue weighted by molar-refractivity contribution is 6.17. The summed E-state index contributed by atoms with van der Waals surface area (Å²) in [5.74, 6) is -4.09. The fourth-order valence-electron chi connectivity index (χ4n) is 5.16. The Morgan fingerprint density at radius 1 is 0.553 bits per heavy atom. The monoisotopic (exact) mass is 698 g/mol. The molecule has 2 aliphatic heterocycles. The van der Waals surface area contributed by atoms with Crippen LogP contribution in [0.2, 0.25) is 0 Å². The molecular formula is C30H47ClO16. The van der Waals surface area contributed by atoms with Crippen molar-refractivity contribution in [3.63, 3.8) is 0 Å². The lowest BCUT2D eigenvalue weighted by molar-refractivity contribution is -0.349. The maximum atomic E-state index is 12.2. The van der Waals surface area contributed by atoms with Gasteiger partial charge in [-0.15, -0.1) is 11.6 Å². The largest absolute Gasteiger partial charge is 0.463 e. The van der Waals surface area contributed by atoms with Crippen LogP contribution in [0, 0.1) is 11.8 Å². The van der Waals surface area contributed by atoms with E-state index in [1.165, 1.54) is 34.6 Å². The van der Waals surface area contributed by atoms with Crippen LogP contribution in [-0.2, 0) is 76.1 Å². The SMILES string of the molecule is CC(=O)OCC1O[C@@H](OCCOCCOCCCl)C(OC(C)=O)[C@@H](C)[C@@H]1O[C@@H]1OC(COC(C)=O)[C@H](OC(C)=O)[C@H](C)C1OC(C)=O. The van der Waals surface area contributed by atoms with Crippen molar-refractivity contribution < 1.29 is 76.1 Å². The molecule has 2 aliphatic rings. The second-order valence-electron chi connectivity index (χ2n) is 11.0. The van der Waals surface area contributed by atoms with E-state index in [1.54, 1.807) is 13.8 Å². The third-order valence-electron chi connectivity index (χ3n) is 7.16. The molecule has 4 unspecified atom stereocenters. The van der Waals surface area contributed by atoms with Crippen molar-refractivity contribution in [2.24, 2.45) is 11.8 Å². The molecule has 2 rings (SSSR count). The highest BCUT2D eigenvalue weighted by Crippen LogP contribution is 2.37. The first kappa shape index (κ1) is 40.6. The van der Waals surface area contributed by atoms with Gasteiger partial charge in [-0.2, -0.15) is 0 Å². The van der Waals surface area contributed by atoms with E-state index < -0.39 is 90.9 Å². The molecule has 270 valence electrons. The zero-order valence-electron chi connectivity index (χ0n) is 27.8. The smallest absolute Gasteiger partial charge is 0.303 e. The Labute approximate surface area is 279 Å². The highest BCUT2D eigenvalue weighted by atomic mass is 35.5. The molecule has 0 aromatic carbocycles. The summed E-state index contributed by atoms with van der Waals surface area (Å²) >= 11 is 5.58. The van der Waals surface area contributed by atoms with Crippen LogP contribution in [0.3, 0.4) is 0 Å². The summed E-state index contributed by atoms with van der Waals surface area (Å²) in [5, 5.41) is 0. The molecule has 2 heterocycles. The van der Waals surface area contributed by atoms with Gasteiger partial charge in [0.25, 0.3) is 0 Å². The maximum Gasteiger partial charge on any atom is 0.303 e. The molecule has 2 fully saturated rings. The zero-order valence-corrected chi connectivity index (χ0v) is 28.6. The first-order valence-electron chi connectivity index (χ1n) is 15.3.